The largest absolute Gasteiger partial charge is 0.482 e. The molecule has 0 saturated carbocycles. The Bertz CT molecular complexity index is 557. The van der Waals surface area contributed by atoms with Crippen molar-refractivity contribution in [3.63, 3.8) is 0 Å². The molecule has 2 aliphatic rings. The van der Waals surface area contributed by atoms with Crippen LogP contribution in [-0.2, 0) is 9.53 Å². The number of nitrogens with zero attached hydrogens (tertiary/aromatic N) is 1. The molecule has 3 rings (SSSR count). The minimum Gasteiger partial charge on any atom is -0.482 e. The number of halogens is 1. The summed E-state index contributed by atoms with van der Waals surface area (Å²) in [7, 11) is 0. The number of aliphatic hydroxyl groups is 1. The van der Waals surface area contributed by atoms with Gasteiger partial charge in [0.15, 0.2) is 6.61 Å². The van der Waals surface area contributed by atoms with Crippen molar-refractivity contribution in [1.82, 2.24) is 4.90 Å². The molecular formula is C17H22ClNO4. The van der Waals surface area contributed by atoms with E-state index in [9.17, 15) is 9.90 Å². The van der Waals surface area contributed by atoms with Gasteiger partial charge in [-0.05, 0) is 37.8 Å². The van der Waals surface area contributed by atoms with Crippen LogP contribution < -0.4 is 4.74 Å². The summed E-state index contributed by atoms with van der Waals surface area (Å²) in [5, 5.41) is 10.7. The maximum Gasteiger partial charge on any atom is 0.260 e. The van der Waals surface area contributed by atoms with Crippen molar-refractivity contribution in [3.05, 3.63) is 29.3 Å². The third kappa shape index (κ3) is 3.62. The summed E-state index contributed by atoms with van der Waals surface area (Å²) < 4.78 is 11.4. The first-order valence-electron chi connectivity index (χ1n) is 8.08. The Morgan fingerprint density at radius 1 is 1.39 bits per heavy atom. The molecule has 2 heterocycles. The average molecular weight is 340 g/mol. The Labute approximate surface area is 141 Å². The van der Waals surface area contributed by atoms with E-state index in [1.807, 2.05) is 12.1 Å². The smallest absolute Gasteiger partial charge is 0.260 e. The monoisotopic (exact) mass is 339 g/mol. The first-order valence-corrected chi connectivity index (χ1v) is 8.46. The number of carbonyl (C=O) groups excluding carboxylic acids is 1. The van der Waals surface area contributed by atoms with E-state index < -0.39 is 11.7 Å². The highest BCUT2D eigenvalue weighted by Gasteiger charge is 2.44. The number of hydrogen-bond donors (Lipinski definition) is 1. The quantitative estimate of drug-likeness (QED) is 0.917. The van der Waals surface area contributed by atoms with Crippen LogP contribution in [0.1, 0.15) is 25.7 Å². The summed E-state index contributed by atoms with van der Waals surface area (Å²) in [6.45, 7) is 1.84. The van der Waals surface area contributed by atoms with Gasteiger partial charge in [-0.25, -0.2) is 0 Å². The number of hydrogen-bond acceptors (Lipinski definition) is 4. The molecule has 2 aliphatic heterocycles. The van der Waals surface area contributed by atoms with Crippen LogP contribution in [0.25, 0.3) is 0 Å². The highest BCUT2D eigenvalue weighted by atomic mass is 35.5. The topological polar surface area (TPSA) is 59.0 Å². The van der Waals surface area contributed by atoms with E-state index in [-0.39, 0.29) is 12.5 Å². The second kappa shape index (κ2) is 7.07. The van der Waals surface area contributed by atoms with E-state index >= 15 is 0 Å². The maximum atomic E-state index is 12.3. The van der Waals surface area contributed by atoms with Crippen LogP contribution in [0.15, 0.2) is 24.3 Å². The fraction of sp³-hybridized carbons (Fsp3) is 0.588. The summed E-state index contributed by atoms with van der Waals surface area (Å²) in [4.78, 5) is 14.1. The van der Waals surface area contributed by atoms with Crippen LogP contribution >= 0.6 is 11.6 Å². The Kier molecular flexibility index (Phi) is 5.09. The standard InChI is InChI=1S/C17H22ClNO4/c18-13-4-1-2-5-14(13)22-12-16(21)19-9-7-17(8-10-19)15(20)6-3-11-23-17/h1-2,4-5,15,20H,3,6-12H2/t15-/m0/s1. The molecule has 2 saturated heterocycles. The first-order chi connectivity index (χ1) is 11.1. The summed E-state index contributed by atoms with van der Waals surface area (Å²) in [6, 6.07) is 7.11. The highest BCUT2D eigenvalue weighted by molar-refractivity contribution is 6.32. The van der Waals surface area contributed by atoms with Crippen molar-refractivity contribution in [2.45, 2.75) is 37.4 Å². The second-order valence-corrected chi connectivity index (χ2v) is 6.58. The molecule has 23 heavy (non-hydrogen) atoms. The van der Waals surface area contributed by atoms with Gasteiger partial charge in [-0.1, -0.05) is 23.7 Å². The lowest BCUT2D eigenvalue weighted by molar-refractivity contribution is -0.180. The fourth-order valence-corrected chi connectivity index (χ4v) is 3.51. The molecule has 1 atom stereocenters. The summed E-state index contributed by atoms with van der Waals surface area (Å²) in [5.74, 6) is 0.451. The van der Waals surface area contributed by atoms with Gasteiger partial charge in [-0.3, -0.25) is 4.79 Å². The number of ether oxygens (including phenoxy) is 2. The molecule has 1 aromatic carbocycles. The Morgan fingerprint density at radius 3 is 2.83 bits per heavy atom. The van der Waals surface area contributed by atoms with Gasteiger partial charge in [0.2, 0.25) is 0 Å². The van der Waals surface area contributed by atoms with Crippen LogP contribution in [0.4, 0.5) is 0 Å². The van der Waals surface area contributed by atoms with E-state index in [2.05, 4.69) is 0 Å². The highest BCUT2D eigenvalue weighted by Crippen LogP contribution is 2.35. The number of benzene rings is 1. The molecule has 0 aromatic heterocycles. The van der Waals surface area contributed by atoms with Gasteiger partial charge in [0, 0.05) is 19.7 Å². The molecule has 1 N–H and O–H groups in total. The molecule has 1 spiro atoms. The normalized spacial score (nSPS) is 23.7. The lowest BCUT2D eigenvalue weighted by atomic mass is 9.82. The van der Waals surface area contributed by atoms with Crippen LogP contribution in [-0.4, -0.2) is 53.9 Å². The lowest BCUT2D eigenvalue weighted by Crippen LogP contribution is -2.56. The van der Waals surface area contributed by atoms with Crippen molar-refractivity contribution in [1.29, 1.82) is 0 Å². The average Bonchev–Trinajstić information content (AvgIpc) is 2.57. The van der Waals surface area contributed by atoms with Gasteiger partial charge in [0.1, 0.15) is 5.75 Å². The van der Waals surface area contributed by atoms with Crippen molar-refractivity contribution in [2.75, 3.05) is 26.3 Å². The van der Waals surface area contributed by atoms with Gasteiger partial charge in [0.05, 0.1) is 16.7 Å². The molecule has 0 unspecified atom stereocenters. The van der Waals surface area contributed by atoms with Crippen molar-refractivity contribution in [3.8, 4) is 5.75 Å². The summed E-state index contributed by atoms with van der Waals surface area (Å²) >= 11 is 6.01. The van der Waals surface area contributed by atoms with Crippen LogP contribution in [0.3, 0.4) is 0 Å². The minimum atomic E-state index is -0.460. The number of piperidine rings is 1. The predicted octanol–water partition coefficient (Wildman–Crippen LogP) is 2.25. The molecular weight excluding hydrogens is 318 g/mol. The van der Waals surface area contributed by atoms with Gasteiger partial charge in [0.25, 0.3) is 5.91 Å². The first kappa shape index (κ1) is 16.6. The lowest BCUT2D eigenvalue weighted by Gasteiger charge is -2.46. The number of para-hydroxylation sites is 1. The van der Waals surface area contributed by atoms with E-state index in [0.717, 1.165) is 12.8 Å². The molecule has 0 radical (unpaired) electrons. The van der Waals surface area contributed by atoms with Gasteiger partial charge in [-0.2, -0.15) is 0 Å². The Morgan fingerprint density at radius 2 is 2.13 bits per heavy atom. The third-order valence-corrected chi connectivity index (χ3v) is 5.08. The number of amides is 1. The van der Waals surface area contributed by atoms with Gasteiger partial charge < -0.3 is 19.5 Å². The molecule has 1 amide bonds. The number of carbonyl (C=O) groups is 1. The maximum absolute atomic E-state index is 12.3. The van der Waals surface area contributed by atoms with Crippen LogP contribution in [0.2, 0.25) is 5.02 Å². The predicted molar refractivity (Wildman–Crippen MR) is 86.7 cm³/mol. The van der Waals surface area contributed by atoms with E-state index in [1.165, 1.54) is 0 Å². The molecule has 0 bridgehead atoms. The number of aliphatic hydroxyl groups excluding tert-OH is 1. The van der Waals surface area contributed by atoms with Gasteiger partial charge in [-0.15, -0.1) is 0 Å². The summed E-state index contributed by atoms with van der Waals surface area (Å²) in [6.07, 6.45) is 2.60. The fourth-order valence-electron chi connectivity index (χ4n) is 3.32. The van der Waals surface area contributed by atoms with Crippen molar-refractivity contribution in [2.24, 2.45) is 0 Å². The zero-order valence-electron chi connectivity index (χ0n) is 13.0. The number of rotatable bonds is 3. The SMILES string of the molecule is O=C(COc1ccccc1Cl)N1CCC2(CC1)OCCC[C@@H]2O. The molecule has 5 nitrogen and oxygen atoms in total. The second-order valence-electron chi connectivity index (χ2n) is 6.17. The third-order valence-electron chi connectivity index (χ3n) is 4.77. The van der Waals surface area contributed by atoms with Crippen molar-refractivity contribution < 1.29 is 19.4 Å². The zero-order valence-corrected chi connectivity index (χ0v) is 13.8. The van der Waals surface area contributed by atoms with E-state index in [4.69, 9.17) is 21.1 Å². The Hall–Kier alpha value is -1.30. The van der Waals surface area contributed by atoms with Gasteiger partial charge >= 0.3 is 0 Å². The number of likely N-dealkylation sites (tertiary alicyclic amines) is 1. The molecule has 0 aliphatic carbocycles. The van der Waals surface area contributed by atoms with E-state index in [1.54, 1.807) is 17.0 Å². The zero-order chi connectivity index (χ0) is 16.3. The minimum absolute atomic E-state index is 0.0276. The molecule has 6 heteroatoms. The van der Waals surface area contributed by atoms with Crippen molar-refractivity contribution >= 4 is 17.5 Å². The van der Waals surface area contributed by atoms with Crippen LogP contribution in [0, 0.1) is 0 Å². The molecule has 1 aromatic rings. The van der Waals surface area contributed by atoms with E-state index in [0.29, 0.717) is 43.3 Å². The Balaban J connectivity index is 1.51. The molecule has 2 fully saturated rings. The van der Waals surface area contributed by atoms with Crippen LogP contribution in [0.5, 0.6) is 5.75 Å². The molecule has 126 valence electrons. The summed E-state index contributed by atoms with van der Waals surface area (Å²) in [5.41, 5.74) is -0.460.